The van der Waals surface area contributed by atoms with Gasteiger partial charge in [-0.15, -0.1) is 0 Å². The number of halogens is 2. The van der Waals surface area contributed by atoms with Crippen LogP contribution in [-0.4, -0.2) is 17.7 Å². The number of amides is 1. The quantitative estimate of drug-likeness (QED) is 0.827. The number of rotatable bonds is 2. The second kappa shape index (κ2) is 5.31. The highest BCUT2D eigenvalue weighted by Gasteiger charge is 2.58. The van der Waals surface area contributed by atoms with Crippen molar-refractivity contribution in [1.82, 2.24) is 5.32 Å². The minimum Gasteiger partial charge on any atom is -0.444 e. The molecule has 0 radical (unpaired) electrons. The average molecular weight is 342 g/mol. The summed E-state index contributed by atoms with van der Waals surface area (Å²) in [6.45, 7) is 5.61. The van der Waals surface area contributed by atoms with Gasteiger partial charge in [0.15, 0.2) is 0 Å². The maximum atomic E-state index is 12.1. The lowest BCUT2D eigenvalue weighted by Gasteiger charge is -2.42. The topological polar surface area (TPSA) is 38.3 Å². The number of alkyl carbamates (subject to hydrolysis) is 1. The monoisotopic (exact) mass is 341 g/mol. The van der Waals surface area contributed by atoms with E-state index in [0.29, 0.717) is 16.0 Å². The predicted molar refractivity (Wildman–Crippen MR) is 88.6 cm³/mol. The van der Waals surface area contributed by atoms with Crippen LogP contribution < -0.4 is 5.32 Å². The van der Waals surface area contributed by atoms with E-state index >= 15 is 0 Å². The molecule has 3 fully saturated rings. The molecular weight excluding hydrogens is 321 g/mol. The van der Waals surface area contributed by atoms with Crippen molar-refractivity contribution in [3.05, 3.63) is 33.8 Å². The maximum Gasteiger partial charge on any atom is 0.407 e. The highest BCUT2D eigenvalue weighted by Crippen LogP contribution is 2.60. The van der Waals surface area contributed by atoms with Crippen LogP contribution in [0.25, 0.3) is 0 Å². The van der Waals surface area contributed by atoms with Crippen molar-refractivity contribution in [3.8, 4) is 0 Å². The highest BCUT2D eigenvalue weighted by molar-refractivity contribution is 6.42. The Kier molecular flexibility index (Phi) is 3.85. The Morgan fingerprint density at radius 3 is 2.55 bits per heavy atom. The fourth-order valence-electron chi connectivity index (χ4n) is 3.87. The summed E-state index contributed by atoms with van der Waals surface area (Å²) in [5.74, 6) is 0.675. The Balaban J connectivity index is 1.78. The molecule has 120 valence electrons. The van der Waals surface area contributed by atoms with Crippen LogP contribution in [0.15, 0.2) is 18.2 Å². The lowest BCUT2D eigenvalue weighted by Crippen LogP contribution is -2.49. The molecule has 3 aliphatic rings. The molecule has 3 aliphatic carbocycles. The Labute approximate surface area is 141 Å². The van der Waals surface area contributed by atoms with Crippen molar-refractivity contribution < 1.29 is 9.53 Å². The molecule has 0 spiro atoms. The number of ether oxygens (including phenoxy) is 1. The molecular formula is C17H21Cl2NO2. The third kappa shape index (κ3) is 2.81. The van der Waals surface area contributed by atoms with E-state index < -0.39 is 5.60 Å². The summed E-state index contributed by atoms with van der Waals surface area (Å²) in [6, 6.07) is 5.91. The predicted octanol–water partition coefficient (Wildman–Crippen LogP) is 4.94. The van der Waals surface area contributed by atoms with Crippen LogP contribution in [0.1, 0.15) is 45.6 Å². The molecule has 1 atom stereocenters. The van der Waals surface area contributed by atoms with Gasteiger partial charge in [0.1, 0.15) is 5.60 Å². The Hall–Kier alpha value is -0.930. The van der Waals surface area contributed by atoms with Gasteiger partial charge in [-0.3, -0.25) is 0 Å². The van der Waals surface area contributed by atoms with E-state index in [2.05, 4.69) is 5.32 Å². The van der Waals surface area contributed by atoms with Crippen LogP contribution in [0.4, 0.5) is 4.79 Å². The molecule has 1 N–H and O–H groups in total. The Morgan fingerprint density at radius 2 is 1.95 bits per heavy atom. The van der Waals surface area contributed by atoms with Crippen LogP contribution >= 0.6 is 23.2 Å². The number of hydrogen-bond donors (Lipinski definition) is 1. The zero-order valence-electron chi connectivity index (χ0n) is 13.1. The van der Waals surface area contributed by atoms with E-state index in [-0.39, 0.29) is 17.6 Å². The van der Waals surface area contributed by atoms with E-state index in [0.717, 1.165) is 24.8 Å². The van der Waals surface area contributed by atoms with Gasteiger partial charge in [0.25, 0.3) is 0 Å². The van der Waals surface area contributed by atoms with Gasteiger partial charge in [-0.1, -0.05) is 29.3 Å². The molecule has 2 bridgehead atoms. The van der Waals surface area contributed by atoms with Crippen LogP contribution in [-0.2, 0) is 10.2 Å². The maximum absolute atomic E-state index is 12.1. The lowest BCUT2D eigenvalue weighted by molar-refractivity contribution is 0.0483. The molecule has 0 aliphatic heterocycles. The number of carbonyl (C=O) groups is 1. The molecule has 1 aromatic carbocycles. The van der Waals surface area contributed by atoms with Crippen LogP contribution in [0, 0.1) is 5.92 Å². The fourth-order valence-corrected chi connectivity index (χ4v) is 4.17. The van der Waals surface area contributed by atoms with Crippen LogP contribution in [0.2, 0.25) is 10.0 Å². The average Bonchev–Trinajstić information content (AvgIpc) is 2.84. The lowest BCUT2D eigenvalue weighted by atomic mass is 9.64. The Morgan fingerprint density at radius 1 is 1.27 bits per heavy atom. The van der Waals surface area contributed by atoms with Crippen molar-refractivity contribution in [1.29, 1.82) is 0 Å². The number of benzene rings is 1. The summed E-state index contributed by atoms with van der Waals surface area (Å²) < 4.78 is 5.39. The largest absolute Gasteiger partial charge is 0.444 e. The molecule has 0 heterocycles. The molecule has 5 heteroatoms. The van der Waals surface area contributed by atoms with Crippen LogP contribution in [0.5, 0.6) is 0 Å². The summed E-state index contributed by atoms with van der Waals surface area (Å²) in [4.78, 5) is 12.1. The first-order valence-electron chi connectivity index (χ1n) is 7.65. The van der Waals surface area contributed by atoms with E-state index in [1.54, 1.807) is 0 Å². The van der Waals surface area contributed by atoms with Crippen molar-refractivity contribution >= 4 is 29.3 Å². The molecule has 3 nitrogen and oxygen atoms in total. The molecule has 0 aromatic heterocycles. The second-order valence-corrected chi connectivity index (χ2v) is 8.31. The zero-order valence-corrected chi connectivity index (χ0v) is 14.6. The Bertz CT molecular complexity index is 603. The number of fused-ring (bicyclic) bond motifs is 1. The van der Waals surface area contributed by atoms with Crippen molar-refractivity contribution in [2.45, 2.75) is 57.1 Å². The second-order valence-electron chi connectivity index (χ2n) is 7.49. The number of nitrogens with one attached hydrogen (secondary N) is 1. The van der Waals surface area contributed by atoms with E-state index in [1.165, 1.54) is 0 Å². The van der Waals surface area contributed by atoms with Gasteiger partial charge in [0.05, 0.1) is 10.0 Å². The van der Waals surface area contributed by atoms with Gasteiger partial charge in [-0.2, -0.15) is 0 Å². The summed E-state index contributed by atoms with van der Waals surface area (Å²) in [5.41, 5.74) is 0.662. The molecule has 3 saturated carbocycles. The number of carbonyl (C=O) groups excluding carboxylic acids is 1. The van der Waals surface area contributed by atoms with Gasteiger partial charge in [0.2, 0.25) is 0 Å². The minimum absolute atomic E-state index is 0.0181. The van der Waals surface area contributed by atoms with Crippen molar-refractivity contribution in [3.63, 3.8) is 0 Å². The summed E-state index contributed by atoms with van der Waals surface area (Å²) >= 11 is 12.2. The van der Waals surface area contributed by atoms with Gasteiger partial charge in [0, 0.05) is 11.5 Å². The van der Waals surface area contributed by atoms with Gasteiger partial charge in [-0.25, -0.2) is 4.79 Å². The first kappa shape index (κ1) is 15.9. The first-order chi connectivity index (χ1) is 10.2. The van der Waals surface area contributed by atoms with Gasteiger partial charge < -0.3 is 10.1 Å². The summed E-state index contributed by atoms with van der Waals surface area (Å²) in [5, 5.41) is 4.19. The smallest absolute Gasteiger partial charge is 0.407 e. The van der Waals surface area contributed by atoms with Crippen molar-refractivity contribution in [2.75, 3.05) is 0 Å². The molecule has 22 heavy (non-hydrogen) atoms. The van der Waals surface area contributed by atoms with Gasteiger partial charge >= 0.3 is 6.09 Å². The first-order valence-corrected chi connectivity index (χ1v) is 8.40. The standard InChI is InChI=1S/C17H21Cl2NO2/c1-16(2,3)22-15(21)20-14-6-10-8-17(14,9-10)11-4-5-12(18)13(19)7-11/h4-5,7,10,14H,6,8-9H2,1-3H3,(H,20,21). The SMILES string of the molecule is CC(C)(C)OC(=O)NC1CC2CC1(c1ccc(Cl)c(Cl)c1)C2. The molecule has 1 amide bonds. The third-order valence-electron chi connectivity index (χ3n) is 4.73. The fraction of sp³-hybridized carbons (Fsp3) is 0.588. The third-order valence-corrected chi connectivity index (χ3v) is 5.47. The van der Waals surface area contributed by atoms with Crippen molar-refractivity contribution in [2.24, 2.45) is 5.92 Å². The molecule has 0 saturated heterocycles. The van der Waals surface area contributed by atoms with E-state index in [1.807, 2.05) is 39.0 Å². The summed E-state index contributed by atoms with van der Waals surface area (Å²) in [6.07, 6.45) is 2.83. The van der Waals surface area contributed by atoms with Crippen LogP contribution in [0.3, 0.4) is 0 Å². The molecule has 4 rings (SSSR count). The zero-order chi connectivity index (χ0) is 16.1. The molecule has 1 aromatic rings. The minimum atomic E-state index is -0.484. The number of hydrogen-bond acceptors (Lipinski definition) is 2. The van der Waals surface area contributed by atoms with E-state index in [9.17, 15) is 4.79 Å². The van der Waals surface area contributed by atoms with Gasteiger partial charge in [-0.05, 0) is 63.6 Å². The highest BCUT2D eigenvalue weighted by atomic mass is 35.5. The van der Waals surface area contributed by atoms with E-state index in [4.69, 9.17) is 27.9 Å². The molecule has 1 unspecified atom stereocenters. The summed E-state index contributed by atoms with van der Waals surface area (Å²) in [7, 11) is 0. The normalized spacial score (nSPS) is 29.9.